The molecule has 1 unspecified atom stereocenters. The highest BCUT2D eigenvalue weighted by Gasteiger charge is 2.21. The fourth-order valence-corrected chi connectivity index (χ4v) is 3.22. The summed E-state index contributed by atoms with van der Waals surface area (Å²) in [4.78, 5) is 0. The van der Waals surface area contributed by atoms with Crippen molar-refractivity contribution in [1.29, 1.82) is 5.26 Å². The molecule has 6 heteroatoms. The van der Waals surface area contributed by atoms with Crippen LogP contribution >= 0.6 is 11.6 Å². The third kappa shape index (κ3) is 3.10. The molecule has 0 aliphatic carbocycles. The van der Waals surface area contributed by atoms with Crippen LogP contribution < -0.4 is 5.32 Å². The molecule has 1 aromatic carbocycles. The summed E-state index contributed by atoms with van der Waals surface area (Å²) in [6.45, 7) is 0.467. The molecule has 94 valence electrons. The Balaban J connectivity index is 2.00. The van der Waals surface area contributed by atoms with Gasteiger partial charge >= 0.3 is 0 Å². The molecule has 1 aliphatic rings. The van der Waals surface area contributed by atoms with Gasteiger partial charge in [0.25, 0.3) is 0 Å². The Morgan fingerprint density at radius 2 is 2.28 bits per heavy atom. The lowest BCUT2D eigenvalue weighted by Crippen LogP contribution is -2.29. The van der Waals surface area contributed by atoms with Gasteiger partial charge in [-0.1, -0.05) is 23.7 Å². The molecule has 2 rings (SSSR count). The third-order valence-corrected chi connectivity index (χ3v) is 4.41. The monoisotopic (exact) mass is 282 g/mol. The summed E-state index contributed by atoms with van der Waals surface area (Å²) in [6, 6.07) is 6.88. The lowest BCUT2D eigenvalue weighted by molar-refractivity contribution is 0.590. The number of benzene rings is 1. The molecular weight excluding hydrogens is 272 g/mol. The molecule has 0 amide bonds. The van der Waals surface area contributed by atoms with Gasteiger partial charge < -0.3 is 5.32 Å². The average Bonchev–Trinajstić information content (AvgIpc) is 2.67. The summed E-state index contributed by atoms with van der Waals surface area (Å²) in [5.74, 6) is 0.0842. The highest BCUT2D eigenvalue weighted by molar-refractivity contribution is 7.94. The van der Waals surface area contributed by atoms with Crippen molar-refractivity contribution >= 4 is 21.4 Å². The van der Waals surface area contributed by atoms with E-state index < -0.39 is 9.84 Å². The number of rotatable bonds is 3. The maximum atomic E-state index is 11.2. The number of nitrogens with zero attached hydrogens (tertiary/aromatic N) is 1. The van der Waals surface area contributed by atoms with Crippen molar-refractivity contribution in [2.24, 2.45) is 0 Å². The largest absolute Gasteiger partial charge is 0.305 e. The summed E-state index contributed by atoms with van der Waals surface area (Å²) in [5.41, 5.74) is 1.35. The first-order chi connectivity index (χ1) is 8.50. The van der Waals surface area contributed by atoms with Crippen LogP contribution in [0.5, 0.6) is 0 Å². The number of nitriles is 1. The van der Waals surface area contributed by atoms with Gasteiger partial charge in [0.2, 0.25) is 0 Å². The lowest BCUT2D eigenvalue weighted by atomic mass is 10.1. The van der Waals surface area contributed by atoms with E-state index in [-0.39, 0.29) is 11.8 Å². The van der Waals surface area contributed by atoms with Gasteiger partial charge in [0, 0.05) is 23.0 Å². The lowest BCUT2D eigenvalue weighted by Gasteiger charge is -2.11. The van der Waals surface area contributed by atoms with Crippen molar-refractivity contribution < 1.29 is 8.42 Å². The van der Waals surface area contributed by atoms with Crippen LogP contribution in [0.15, 0.2) is 29.7 Å². The van der Waals surface area contributed by atoms with Gasteiger partial charge in [0.1, 0.15) is 0 Å². The zero-order chi connectivity index (χ0) is 13.2. The Bertz CT molecular complexity index is 632. The van der Waals surface area contributed by atoms with Crippen molar-refractivity contribution in [2.45, 2.75) is 12.6 Å². The maximum Gasteiger partial charge on any atom is 0.173 e. The number of hydrogen-bond acceptors (Lipinski definition) is 4. The van der Waals surface area contributed by atoms with Crippen LogP contribution in [0.1, 0.15) is 11.1 Å². The van der Waals surface area contributed by atoms with Gasteiger partial charge in [0.05, 0.1) is 17.4 Å². The normalized spacial score (nSPS) is 20.8. The van der Waals surface area contributed by atoms with Gasteiger partial charge in [-0.05, 0) is 17.7 Å². The summed E-state index contributed by atoms with van der Waals surface area (Å²) in [7, 11) is -3.04. The van der Waals surface area contributed by atoms with Crippen LogP contribution in [0, 0.1) is 11.3 Å². The third-order valence-electron chi connectivity index (χ3n) is 2.67. The van der Waals surface area contributed by atoms with Gasteiger partial charge in [-0.15, -0.1) is 0 Å². The molecule has 0 aromatic heterocycles. The topological polar surface area (TPSA) is 70.0 Å². The molecule has 0 fully saturated rings. The Labute approximate surface area is 111 Å². The van der Waals surface area contributed by atoms with Gasteiger partial charge in [-0.3, -0.25) is 0 Å². The average molecular weight is 283 g/mol. The molecule has 1 aromatic rings. The van der Waals surface area contributed by atoms with Crippen molar-refractivity contribution in [3.63, 3.8) is 0 Å². The smallest absolute Gasteiger partial charge is 0.173 e. The van der Waals surface area contributed by atoms with E-state index in [0.29, 0.717) is 17.1 Å². The van der Waals surface area contributed by atoms with Crippen molar-refractivity contribution in [2.75, 3.05) is 5.75 Å². The number of halogens is 1. The first kappa shape index (κ1) is 13.1. The van der Waals surface area contributed by atoms with Crippen LogP contribution in [-0.4, -0.2) is 20.2 Å². The molecule has 0 bridgehead atoms. The van der Waals surface area contributed by atoms with Gasteiger partial charge in [0.15, 0.2) is 9.84 Å². The minimum absolute atomic E-state index is 0.0842. The van der Waals surface area contributed by atoms with E-state index in [1.54, 1.807) is 24.3 Å². The number of nitrogens with one attached hydrogen (secondary N) is 1. The van der Waals surface area contributed by atoms with Crippen LogP contribution in [-0.2, 0) is 16.4 Å². The predicted molar refractivity (Wildman–Crippen MR) is 69.7 cm³/mol. The van der Waals surface area contributed by atoms with Crippen LogP contribution in [0.25, 0.3) is 0 Å². The first-order valence-corrected chi connectivity index (χ1v) is 7.42. The second-order valence-electron chi connectivity index (χ2n) is 4.06. The highest BCUT2D eigenvalue weighted by Crippen LogP contribution is 2.18. The van der Waals surface area contributed by atoms with Gasteiger partial charge in [-0.25, -0.2) is 8.42 Å². The summed E-state index contributed by atoms with van der Waals surface area (Å²) in [5, 5.41) is 13.5. The zero-order valence-corrected chi connectivity index (χ0v) is 11.0. The zero-order valence-electron chi connectivity index (χ0n) is 9.43. The fraction of sp³-hybridized carbons (Fsp3) is 0.250. The molecule has 1 aliphatic heterocycles. The van der Waals surface area contributed by atoms with E-state index in [1.165, 1.54) is 5.41 Å². The molecular formula is C12H11ClN2O2S. The minimum Gasteiger partial charge on any atom is -0.305 e. The van der Waals surface area contributed by atoms with Crippen molar-refractivity contribution in [1.82, 2.24) is 5.32 Å². The summed E-state index contributed by atoms with van der Waals surface area (Å²) < 4.78 is 22.4. The van der Waals surface area contributed by atoms with E-state index >= 15 is 0 Å². The Morgan fingerprint density at radius 1 is 1.50 bits per heavy atom. The summed E-state index contributed by atoms with van der Waals surface area (Å²) >= 11 is 6.02. The first-order valence-electron chi connectivity index (χ1n) is 5.33. The SMILES string of the molecule is N#Cc1ccc(CNC2C=CS(=O)(=O)C2)c(Cl)c1. The molecule has 0 saturated carbocycles. The Kier molecular flexibility index (Phi) is 3.71. The summed E-state index contributed by atoms with van der Waals surface area (Å²) in [6.07, 6.45) is 1.63. The van der Waals surface area contributed by atoms with Crippen molar-refractivity contribution in [3.8, 4) is 6.07 Å². The second-order valence-corrected chi connectivity index (χ2v) is 6.40. The van der Waals surface area contributed by atoms with E-state index in [4.69, 9.17) is 16.9 Å². The quantitative estimate of drug-likeness (QED) is 0.914. The second kappa shape index (κ2) is 5.11. The molecule has 0 saturated heterocycles. The molecule has 1 atom stereocenters. The van der Waals surface area contributed by atoms with Crippen LogP contribution in [0.2, 0.25) is 5.02 Å². The van der Waals surface area contributed by atoms with E-state index in [9.17, 15) is 8.42 Å². The molecule has 0 spiro atoms. The Morgan fingerprint density at radius 3 is 2.83 bits per heavy atom. The Hall–Kier alpha value is -1.35. The minimum atomic E-state index is -3.04. The van der Waals surface area contributed by atoms with Crippen molar-refractivity contribution in [3.05, 3.63) is 45.8 Å². The van der Waals surface area contributed by atoms with E-state index in [2.05, 4.69) is 5.32 Å². The molecule has 18 heavy (non-hydrogen) atoms. The number of hydrogen-bond donors (Lipinski definition) is 1. The van der Waals surface area contributed by atoms with E-state index in [1.807, 2.05) is 6.07 Å². The van der Waals surface area contributed by atoms with Gasteiger partial charge in [-0.2, -0.15) is 5.26 Å². The molecule has 1 heterocycles. The number of sulfone groups is 1. The van der Waals surface area contributed by atoms with E-state index in [0.717, 1.165) is 5.56 Å². The van der Waals surface area contributed by atoms with Crippen LogP contribution in [0.3, 0.4) is 0 Å². The molecule has 4 nitrogen and oxygen atoms in total. The predicted octanol–water partition coefficient (Wildman–Crippen LogP) is 1.61. The van der Waals surface area contributed by atoms with Crippen LogP contribution in [0.4, 0.5) is 0 Å². The molecule has 1 N–H and O–H groups in total. The standard InChI is InChI=1S/C12H11ClN2O2S/c13-12-5-9(6-14)1-2-10(12)7-15-11-3-4-18(16,17)8-11/h1-5,11,15H,7-8H2. The highest BCUT2D eigenvalue weighted by atomic mass is 35.5. The fourth-order valence-electron chi connectivity index (χ4n) is 1.70. The maximum absolute atomic E-state index is 11.2. The molecule has 0 radical (unpaired) electrons.